The average Bonchev–Trinajstić information content (AvgIpc) is 2.50. The van der Waals surface area contributed by atoms with E-state index >= 15 is 0 Å². The summed E-state index contributed by atoms with van der Waals surface area (Å²) in [5, 5.41) is 7.25. The summed E-state index contributed by atoms with van der Waals surface area (Å²) in [6.07, 6.45) is 0. The van der Waals surface area contributed by atoms with Gasteiger partial charge in [0.1, 0.15) is 0 Å². The van der Waals surface area contributed by atoms with E-state index in [-0.39, 0.29) is 16.7 Å². The third-order valence-corrected chi connectivity index (χ3v) is 4.17. The van der Waals surface area contributed by atoms with E-state index in [9.17, 15) is 9.59 Å². The summed E-state index contributed by atoms with van der Waals surface area (Å²) < 4.78 is 0. The summed E-state index contributed by atoms with van der Waals surface area (Å²) in [6, 6.07) is 12.1. The lowest BCUT2D eigenvalue weighted by Gasteiger charge is -2.17. The van der Waals surface area contributed by atoms with Crippen molar-refractivity contribution in [2.24, 2.45) is 5.73 Å². The van der Waals surface area contributed by atoms with E-state index in [1.807, 2.05) is 0 Å². The maximum absolute atomic E-state index is 12.5. The Balaban J connectivity index is 2.04. The molecular formula is C16H12N2O2S. The van der Waals surface area contributed by atoms with E-state index in [0.29, 0.717) is 28.0 Å². The van der Waals surface area contributed by atoms with Crippen molar-refractivity contribution in [3.8, 4) is 0 Å². The van der Waals surface area contributed by atoms with E-state index in [1.54, 1.807) is 42.5 Å². The van der Waals surface area contributed by atoms with E-state index in [1.165, 1.54) is 11.8 Å². The van der Waals surface area contributed by atoms with Crippen molar-refractivity contribution in [1.82, 2.24) is 0 Å². The molecule has 5 heteroatoms. The molecule has 0 unspecified atom stereocenters. The van der Waals surface area contributed by atoms with Crippen LogP contribution in [0.4, 0.5) is 0 Å². The minimum Gasteiger partial charge on any atom is -0.379 e. The van der Waals surface area contributed by atoms with E-state index < -0.39 is 0 Å². The number of carbonyl (C=O) groups is 2. The zero-order valence-corrected chi connectivity index (χ0v) is 11.9. The minimum absolute atomic E-state index is 0.0282. The molecule has 4 nitrogen and oxygen atoms in total. The molecule has 0 heterocycles. The van der Waals surface area contributed by atoms with Gasteiger partial charge in [-0.1, -0.05) is 42.1 Å². The van der Waals surface area contributed by atoms with Gasteiger partial charge >= 0.3 is 0 Å². The number of carbonyl (C=O) groups excluding carboxylic acids is 2. The minimum atomic E-state index is -0.130. The molecule has 3 N–H and O–H groups in total. The molecular weight excluding hydrogens is 284 g/mol. The van der Waals surface area contributed by atoms with Gasteiger partial charge in [-0.05, 0) is 17.7 Å². The maximum atomic E-state index is 12.5. The molecule has 0 aromatic heterocycles. The number of nitrogens with one attached hydrogen (secondary N) is 1. The largest absolute Gasteiger partial charge is 0.379 e. The number of hydrogen-bond donors (Lipinski definition) is 2. The zero-order chi connectivity index (χ0) is 15.0. The molecule has 0 spiro atoms. The first-order chi connectivity index (χ1) is 10.1. The predicted octanol–water partition coefficient (Wildman–Crippen LogP) is 2.59. The Morgan fingerprint density at radius 3 is 2.14 bits per heavy atom. The summed E-state index contributed by atoms with van der Waals surface area (Å²) in [5.41, 5.74) is 7.97. The summed E-state index contributed by atoms with van der Waals surface area (Å²) >= 11 is 1.19. The second kappa shape index (κ2) is 5.18. The second-order valence-electron chi connectivity index (χ2n) is 4.74. The second-order valence-corrected chi connectivity index (χ2v) is 5.75. The molecule has 104 valence electrons. The Bertz CT molecular complexity index is 784. The lowest BCUT2D eigenvalue weighted by Crippen LogP contribution is -2.20. The van der Waals surface area contributed by atoms with Crippen LogP contribution in [0.1, 0.15) is 37.4 Å². The molecule has 0 fully saturated rings. The molecule has 2 aromatic carbocycles. The number of amidine groups is 1. The Labute approximate surface area is 125 Å². The van der Waals surface area contributed by atoms with Crippen molar-refractivity contribution in [2.45, 2.75) is 5.75 Å². The van der Waals surface area contributed by atoms with Gasteiger partial charge in [0.25, 0.3) is 0 Å². The third-order valence-electron chi connectivity index (χ3n) is 3.38. The number of benzene rings is 2. The normalized spacial score (nSPS) is 12.8. The van der Waals surface area contributed by atoms with Crippen LogP contribution < -0.4 is 5.73 Å². The summed E-state index contributed by atoms with van der Waals surface area (Å²) in [7, 11) is 0. The van der Waals surface area contributed by atoms with Crippen LogP contribution in [0.15, 0.2) is 42.5 Å². The van der Waals surface area contributed by atoms with Crippen molar-refractivity contribution < 1.29 is 9.59 Å². The number of ketones is 2. The van der Waals surface area contributed by atoms with Crippen LogP contribution >= 0.6 is 11.8 Å². The van der Waals surface area contributed by atoms with Gasteiger partial charge in [0.15, 0.2) is 16.7 Å². The Morgan fingerprint density at radius 2 is 1.52 bits per heavy atom. The molecule has 0 amide bonds. The third kappa shape index (κ3) is 2.36. The van der Waals surface area contributed by atoms with Crippen molar-refractivity contribution in [3.63, 3.8) is 0 Å². The summed E-state index contributed by atoms with van der Waals surface area (Å²) in [4.78, 5) is 24.9. The molecule has 3 rings (SSSR count). The highest BCUT2D eigenvalue weighted by Crippen LogP contribution is 2.28. The highest BCUT2D eigenvalue weighted by molar-refractivity contribution is 8.13. The standard InChI is InChI=1S/C16H12N2O2S/c17-16(18)21-8-9-5-6-12-13(7-9)15(20)11-4-2-1-3-10(11)14(12)19/h1-7H,8H2,(H3,17,18). The average molecular weight is 296 g/mol. The zero-order valence-electron chi connectivity index (χ0n) is 11.1. The van der Waals surface area contributed by atoms with Gasteiger partial charge in [-0.25, -0.2) is 0 Å². The van der Waals surface area contributed by atoms with Crippen LogP contribution in [0.5, 0.6) is 0 Å². The quantitative estimate of drug-likeness (QED) is 0.562. The fraction of sp³-hybridized carbons (Fsp3) is 0.0625. The van der Waals surface area contributed by atoms with Gasteiger partial charge in [-0.2, -0.15) is 0 Å². The first kappa shape index (κ1) is 13.6. The predicted molar refractivity (Wildman–Crippen MR) is 83.0 cm³/mol. The van der Waals surface area contributed by atoms with Crippen LogP contribution in [0.2, 0.25) is 0 Å². The number of rotatable bonds is 2. The maximum Gasteiger partial charge on any atom is 0.194 e. The van der Waals surface area contributed by atoms with Crippen LogP contribution in [0.3, 0.4) is 0 Å². The van der Waals surface area contributed by atoms with Crippen LogP contribution in [-0.2, 0) is 5.75 Å². The monoisotopic (exact) mass is 296 g/mol. The van der Waals surface area contributed by atoms with Gasteiger partial charge in [-0.3, -0.25) is 15.0 Å². The lowest BCUT2D eigenvalue weighted by molar-refractivity contribution is 0.0979. The van der Waals surface area contributed by atoms with E-state index in [2.05, 4.69) is 0 Å². The van der Waals surface area contributed by atoms with Crippen LogP contribution in [0.25, 0.3) is 0 Å². The Kier molecular flexibility index (Phi) is 3.35. The van der Waals surface area contributed by atoms with Crippen molar-refractivity contribution in [3.05, 3.63) is 70.3 Å². The fourth-order valence-electron chi connectivity index (χ4n) is 2.40. The SMILES string of the molecule is N=C(N)SCc1ccc2c(c1)C(=O)c1ccccc1C2=O. The highest BCUT2D eigenvalue weighted by Gasteiger charge is 2.29. The highest BCUT2D eigenvalue weighted by atomic mass is 32.2. The first-order valence-corrected chi connectivity index (χ1v) is 7.34. The van der Waals surface area contributed by atoms with E-state index in [0.717, 1.165) is 5.56 Å². The van der Waals surface area contributed by atoms with Crippen molar-refractivity contribution >= 4 is 28.5 Å². The number of fused-ring (bicyclic) bond motifs is 2. The number of thioether (sulfide) groups is 1. The van der Waals surface area contributed by atoms with Crippen molar-refractivity contribution in [2.75, 3.05) is 0 Å². The van der Waals surface area contributed by atoms with Gasteiger partial charge in [0.2, 0.25) is 0 Å². The molecule has 0 radical (unpaired) electrons. The molecule has 1 aliphatic carbocycles. The van der Waals surface area contributed by atoms with Gasteiger partial charge in [-0.15, -0.1) is 0 Å². The molecule has 2 aromatic rings. The number of nitrogens with two attached hydrogens (primary N) is 1. The van der Waals surface area contributed by atoms with Crippen LogP contribution in [-0.4, -0.2) is 16.7 Å². The molecule has 21 heavy (non-hydrogen) atoms. The molecule has 0 bridgehead atoms. The summed E-state index contributed by atoms with van der Waals surface area (Å²) in [5.74, 6) is 0.256. The number of hydrogen-bond acceptors (Lipinski definition) is 4. The molecule has 1 aliphatic rings. The molecule has 0 atom stereocenters. The topological polar surface area (TPSA) is 84.0 Å². The Hall–Kier alpha value is -2.40. The molecule has 0 saturated carbocycles. The fourth-order valence-corrected chi connectivity index (χ4v) is 2.90. The molecule has 0 saturated heterocycles. The van der Waals surface area contributed by atoms with E-state index in [4.69, 9.17) is 11.1 Å². The lowest BCUT2D eigenvalue weighted by atomic mass is 9.83. The molecule has 0 aliphatic heterocycles. The van der Waals surface area contributed by atoms with Gasteiger partial charge in [0.05, 0.1) is 0 Å². The smallest absolute Gasteiger partial charge is 0.194 e. The summed E-state index contributed by atoms with van der Waals surface area (Å²) in [6.45, 7) is 0. The van der Waals surface area contributed by atoms with Gasteiger partial charge < -0.3 is 5.73 Å². The Morgan fingerprint density at radius 1 is 0.952 bits per heavy atom. The first-order valence-electron chi connectivity index (χ1n) is 6.36. The van der Waals surface area contributed by atoms with Crippen molar-refractivity contribution in [1.29, 1.82) is 5.41 Å². The van der Waals surface area contributed by atoms with Gasteiger partial charge in [0, 0.05) is 28.0 Å². The van der Waals surface area contributed by atoms with Crippen LogP contribution in [0, 0.1) is 5.41 Å².